The molecule has 2 unspecified atom stereocenters. The Kier molecular flexibility index (Phi) is 10.6. The molecule has 4 rings (SSSR count). The lowest BCUT2D eigenvalue weighted by molar-refractivity contribution is -0.193. The average molecular weight is 600 g/mol. The van der Waals surface area contributed by atoms with Gasteiger partial charge >= 0.3 is 24.3 Å². The first-order valence-electron chi connectivity index (χ1n) is 11.5. The number of carboxylic acid groups (broad SMARTS) is 2. The molecule has 16 heteroatoms. The fourth-order valence-corrected chi connectivity index (χ4v) is 5.50. The molecule has 40 heavy (non-hydrogen) atoms. The number of likely N-dealkylation sites (tertiary alicyclic amines) is 1. The first kappa shape index (κ1) is 32.8. The number of aliphatic carboxylic acids is 2. The first-order chi connectivity index (χ1) is 18.3. The summed E-state index contributed by atoms with van der Waals surface area (Å²) in [5.74, 6) is -5.06. The van der Waals surface area contributed by atoms with Crippen molar-refractivity contribution in [2.24, 2.45) is 5.92 Å². The summed E-state index contributed by atoms with van der Waals surface area (Å²) in [5, 5.41) is 14.2. The maximum atomic E-state index is 12.8. The molecule has 2 aromatic rings. The fourth-order valence-electron chi connectivity index (χ4n) is 3.96. The van der Waals surface area contributed by atoms with E-state index in [1.54, 1.807) is 28.6 Å². The number of carboxylic acids is 2. The summed E-state index contributed by atoms with van der Waals surface area (Å²) < 4.78 is 90.8. The Labute approximate surface area is 226 Å². The standard InChI is InChI=1S/C20H25N3O2S.2C2HF3O2/c1-21(2)18-10-8-16(9-11-18)12-22-13-17-14-23(15-20(17)22)26(24,25)19-6-4-3-5-7-19;2*3-2(4,5)1(6)7/h3-11,17,20H,12-15H2,1-2H3;2*(H,6,7). The number of rotatable bonds is 5. The Balaban J connectivity index is 0.000000333. The number of alkyl halides is 6. The van der Waals surface area contributed by atoms with Crippen LogP contribution in [0.25, 0.3) is 0 Å². The normalized spacial score (nSPS) is 19.2. The van der Waals surface area contributed by atoms with Crippen LogP contribution >= 0.6 is 0 Å². The van der Waals surface area contributed by atoms with Gasteiger partial charge in [0, 0.05) is 57.9 Å². The lowest BCUT2D eigenvalue weighted by Crippen LogP contribution is -2.54. The number of benzene rings is 2. The summed E-state index contributed by atoms with van der Waals surface area (Å²) in [4.78, 5) is 22.7. The minimum Gasteiger partial charge on any atom is -0.475 e. The second-order valence-corrected chi connectivity index (χ2v) is 11.0. The number of anilines is 1. The zero-order valence-electron chi connectivity index (χ0n) is 21.2. The van der Waals surface area contributed by atoms with Crippen LogP contribution in [0.2, 0.25) is 0 Å². The maximum absolute atomic E-state index is 12.8. The van der Waals surface area contributed by atoms with Gasteiger partial charge in [-0.1, -0.05) is 30.3 Å². The van der Waals surface area contributed by atoms with Crippen LogP contribution in [-0.4, -0.2) is 91.9 Å². The third kappa shape index (κ3) is 8.82. The Bertz CT molecular complexity index is 1230. The van der Waals surface area contributed by atoms with Crippen molar-refractivity contribution in [1.82, 2.24) is 9.21 Å². The van der Waals surface area contributed by atoms with Crippen LogP contribution < -0.4 is 4.90 Å². The summed E-state index contributed by atoms with van der Waals surface area (Å²) in [6.07, 6.45) is -10.2. The van der Waals surface area contributed by atoms with Crippen molar-refractivity contribution in [3.05, 3.63) is 60.2 Å². The van der Waals surface area contributed by atoms with Crippen molar-refractivity contribution in [3.8, 4) is 0 Å². The van der Waals surface area contributed by atoms with Gasteiger partial charge in [-0.25, -0.2) is 18.0 Å². The van der Waals surface area contributed by atoms with Gasteiger partial charge in [-0.2, -0.15) is 30.6 Å². The van der Waals surface area contributed by atoms with E-state index >= 15 is 0 Å². The minimum absolute atomic E-state index is 0.335. The third-order valence-corrected chi connectivity index (χ3v) is 7.86. The van der Waals surface area contributed by atoms with E-state index in [4.69, 9.17) is 19.8 Å². The molecule has 2 atom stereocenters. The molecule has 2 heterocycles. The van der Waals surface area contributed by atoms with E-state index in [2.05, 4.69) is 34.1 Å². The van der Waals surface area contributed by atoms with Gasteiger partial charge in [0.1, 0.15) is 0 Å². The van der Waals surface area contributed by atoms with E-state index in [-0.39, 0.29) is 0 Å². The van der Waals surface area contributed by atoms with Gasteiger partial charge in [-0.15, -0.1) is 0 Å². The van der Waals surface area contributed by atoms with E-state index in [1.807, 2.05) is 20.2 Å². The van der Waals surface area contributed by atoms with Crippen LogP contribution in [0, 0.1) is 5.92 Å². The smallest absolute Gasteiger partial charge is 0.475 e. The van der Waals surface area contributed by atoms with E-state index in [1.165, 1.54) is 11.3 Å². The molecule has 0 aliphatic carbocycles. The monoisotopic (exact) mass is 599 g/mol. The van der Waals surface area contributed by atoms with Crippen LogP contribution in [0.1, 0.15) is 5.56 Å². The number of halogens is 6. The zero-order valence-corrected chi connectivity index (χ0v) is 22.0. The lowest BCUT2D eigenvalue weighted by Gasteiger charge is -2.43. The molecule has 0 bridgehead atoms. The van der Waals surface area contributed by atoms with Crippen molar-refractivity contribution >= 4 is 27.6 Å². The van der Waals surface area contributed by atoms with Crippen molar-refractivity contribution < 1.29 is 54.6 Å². The largest absolute Gasteiger partial charge is 0.490 e. The topological polar surface area (TPSA) is 118 Å². The van der Waals surface area contributed by atoms with Crippen molar-refractivity contribution in [2.75, 3.05) is 38.6 Å². The summed E-state index contributed by atoms with van der Waals surface area (Å²) in [5.41, 5.74) is 2.47. The Morgan fingerprint density at radius 3 is 1.75 bits per heavy atom. The van der Waals surface area contributed by atoms with E-state index in [0.29, 0.717) is 29.9 Å². The van der Waals surface area contributed by atoms with Crippen LogP contribution in [-0.2, 0) is 26.2 Å². The molecule has 0 amide bonds. The highest BCUT2D eigenvalue weighted by molar-refractivity contribution is 7.89. The second kappa shape index (κ2) is 12.9. The molecular weight excluding hydrogens is 572 g/mol. The predicted octanol–water partition coefficient (Wildman–Crippen LogP) is 3.52. The van der Waals surface area contributed by atoms with Gasteiger partial charge in [0.25, 0.3) is 0 Å². The Hall–Kier alpha value is -3.37. The molecule has 2 saturated heterocycles. The maximum Gasteiger partial charge on any atom is 0.490 e. The van der Waals surface area contributed by atoms with Gasteiger partial charge in [0.2, 0.25) is 10.0 Å². The lowest BCUT2D eigenvalue weighted by atomic mass is 9.91. The molecule has 2 fully saturated rings. The quantitative estimate of drug-likeness (QED) is 0.502. The van der Waals surface area contributed by atoms with E-state index in [9.17, 15) is 34.8 Å². The summed E-state index contributed by atoms with van der Waals surface area (Å²) in [6, 6.07) is 17.7. The van der Waals surface area contributed by atoms with Crippen LogP contribution in [0.3, 0.4) is 0 Å². The van der Waals surface area contributed by atoms with Gasteiger partial charge in [-0.3, -0.25) is 4.90 Å². The molecule has 0 radical (unpaired) electrons. The van der Waals surface area contributed by atoms with Gasteiger partial charge in [0.05, 0.1) is 4.90 Å². The average Bonchev–Trinajstić information content (AvgIpc) is 3.20. The molecule has 2 aliphatic heterocycles. The number of sulfonamides is 1. The van der Waals surface area contributed by atoms with Gasteiger partial charge in [0.15, 0.2) is 0 Å². The SMILES string of the molecule is CN(C)c1ccc(CN2CC3CN(S(=O)(=O)c4ccccc4)CC32)cc1.O=C(O)C(F)(F)F.O=C(O)C(F)(F)F. The first-order valence-corrected chi connectivity index (χ1v) is 12.9. The second-order valence-electron chi connectivity index (χ2n) is 9.06. The van der Waals surface area contributed by atoms with Crippen LogP contribution in [0.15, 0.2) is 59.5 Å². The van der Waals surface area contributed by atoms with E-state index < -0.39 is 34.3 Å². The zero-order chi connectivity index (χ0) is 30.5. The van der Waals surface area contributed by atoms with Gasteiger partial charge < -0.3 is 15.1 Å². The molecule has 0 saturated carbocycles. The summed E-state index contributed by atoms with van der Waals surface area (Å²) in [7, 11) is 0.699. The summed E-state index contributed by atoms with van der Waals surface area (Å²) in [6.45, 7) is 3.09. The van der Waals surface area contributed by atoms with Crippen LogP contribution in [0.4, 0.5) is 32.0 Å². The predicted molar refractivity (Wildman–Crippen MR) is 131 cm³/mol. The molecule has 2 N–H and O–H groups in total. The molecule has 2 aliphatic rings. The number of hydrogen-bond donors (Lipinski definition) is 2. The molecule has 9 nitrogen and oxygen atoms in total. The summed E-state index contributed by atoms with van der Waals surface area (Å²) >= 11 is 0. The van der Waals surface area contributed by atoms with Crippen molar-refractivity contribution in [2.45, 2.75) is 29.8 Å². The molecule has 0 aromatic heterocycles. The number of fused-ring (bicyclic) bond motifs is 1. The Morgan fingerprint density at radius 1 is 0.850 bits per heavy atom. The van der Waals surface area contributed by atoms with Gasteiger partial charge in [-0.05, 0) is 29.8 Å². The number of carbonyl (C=O) groups is 2. The van der Waals surface area contributed by atoms with Crippen molar-refractivity contribution in [3.63, 3.8) is 0 Å². The molecular formula is C24H27F6N3O6S. The highest BCUT2D eigenvalue weighted by Crippen LogP contribution is 2.36. The molecule has 2 aromatic carbocycles. The fraction of sp³-hybridized carbons (Fsp3) is 0.417. The van der Waals surface area contributed by atoms with E-state index in [0.717, 1.165) is 13.1 Å². The molecule has 222 valence electrons. The van der Waals surface area contributed by atoms with Crippen molar-refractivity contribution in [1.29, 1.82) is 0 Å². The molecule has 0 spiro atoms. The Morgan fingerprint density at radius 2 is 1.32 bits per heavy atom. The number of nitrogens with zero attached hydrogens (tertiary/aromatic N) is 3. The number of hydrogen-bond acceptors (Lipinski definition) is 6. The van der Waals surface area contributed by atoms with Crippen LogP contribution in [0.5, 0.6) is 0 Å². The highest BCUT2D eigenvalue weighted by atomic mass is 32.2. The minimum atomic E-state index is -5.08. The highest BCUT2D eigenvalue weighted by Gasteiger charge is 2.48. The third-order valence-electron chi connectivity index (χ3n) is 6.02.